The summed E-state index contributed by atoms with van der Waals surface area (Å²) in [6.45, 7) is 4.01. The van der Waals surface area contributed by atoms with Crippen molar-refractivity contribution in [3.8, 4) is 0 Å². The first-order valence-electron chi connectivity index (χ1n) is 3.95. The molecule has 3 nitrogen and oxygen atoms in total. The first-order chi connectivity index (χ1) is 5.36. The van der Waals surface area contributed by atoms with E-state index in [1.54, 1.807) is 0 Å². The van der Waals surface area contributed by atoms with Crippen LogP contribution >= 0.6 is 0 Å². The van der Waals surface area contributed by atoms with Gasteiger partial charge >= 0.3 is 0 Å². The lowest BCUT2D eigenvalue weighted by molar-refractivity contribution is 0.384. The number of rotatable bonds is 3. The molecule has 0 radical (unpaired) electrons. The van der Waals surface area contributed by atoms with Crippen molar-refractivity contribution in [2.45, 2.75) is 26.0 Å². The molecular weight excluding hydrogens is 140 g/mol. The molecule has 1 aromatic heterocycles. The number of imidazole rings is 1. The van der Waals surface area contributed by atoms with E-state index in [4.69, 9.17) is 4.74 Å². The molecule has 1 aliphatic heterocycles. The first-order valence-corrected chi connectivity index (χ1v) is 3.95. The highest BCUT2D eigenvalue weighted by Crippen LogP contribution is 2.14. The van der Waals surface area contributed by atoms with E-state index in [0.717, 1.165) is 25.4 Å². The smallest absolute Gasteiger partial charge is 0.105 e. The van der Waals surface area contributed by atoms with Gasteiger partial charge in [0.25, 0.3) is 0 Å². The van der Waals surface area contributed by atoms with E-state index in [0.29, 0.717) is 6.10 Å². The van der Waals surface area contributed by atoms with Crippen LogP contribution in [0.4, 0.5) is 0 Å². The Bertz CT molecular complexity index is 240. The molecule has 1 atom stereocenters. The Morgan fingerprint density at radius 3 is 3.18 bits per heavy atom. The van der Waals surface area contributed by atoms with Crippen LogP contribution < -0.4 is 0 Å². The number of aromatic nitrogens is 2. The lowest BCUT2D eigenvalue weighted by Gasteiger charge is -2.01. The molecule has 1 aromatic rings. The maximum absolute atomic E-state index is 5.11. The fraction of sp³-hybridized carbons (Fsp3) is 0.625. The molecule has 1 unspecified atom stereocenters. The van der Waals surface area contributed by atoms with Gasteiger partial charge in [0.1, 0.15) is 5.82 Å². The van der Waals surface area contributed by atoms with Crippen LogP contribution in [0.2, 0.25) is 0 Å². The summed E-state index contributed by atoms with van der Waals surface area (Å²) in [6.07, 6.45) is 5.50. The van der Waals surface area contributed by atoms with Crippen LogP contribution in [0, 0.1) is 6.92 Å². The lowest BCUT2D eigenvalue weighted by atomic mass is 10.3. The predicted octanol–water partition coefficient (Wildman–Crippen LogP) is 0.980. The van der Waals surface area contributed by atoms with Crippen molar-refractivity contribution in [3.05, 3.63) is 18.2 Å². The fourth-order valence-corrected chi connectivity index (χ4v) is 1.16. The molecule has 0 saturated carbocycles. The van der Waals surface area contributed by atoms with Gasteiger partial charge in [0, 0.05) is 18.9 Å². The Morgan fingerprint density at radius 1 is 1.82 bits per heavy atom. The second-order valence-corrected chi connectivity index (χ2v) is 2.91. The van der Waals surface area contributed by atoms with Gasteiger partial charge in [-0.1, -0.05) is 0 Å². The average Bonchev–Trinajstić information content (AvgIpc) is 2.73. The molecule has 11 heavy (non-hydrogen) atoms. The summed E-state index contributed by atoms with van der Waals surface area (Å²) in [7, 11) is 0. The average molecular weight is 152 g/mol. The van der Waals surface area contributed by atoms with E-state index in [1.165, 1.54) is 0 Å². The zero-order valence-corrected chi connectivity index (χ0v) is 6.66. The van der Waals surface area contributed by atoms with Crippen LogP contribution in [0.25, 0.3) is 0 Å². The maximum atomic E-state index is 5.11. The number of aryl methyl sites for hydroxylation is 2. The van der Waals surface area contributed by atoms with Crippen LogP contribution in [0.1, 0.15) is 12.2 Å². The summed E-state index contributed by atoms with van der Waals surface area (Å²) in [5.41, 5.74) is 0. The van der Waals surface area contributed by atoms with Gasteiger partial charge in [0.05, 0.1) is 12.7 Å². The summed E-state index contributed by atoms with van der Waals surface area (Å²) in [6, 6.07) is 0. The Balaban J connectivity index is 1.89. The van der Waals surface area contributed by atoms with E-state index in [9.17, 15) is 0 Å². The molecule has 2 rings (SSSR count). The molecule has 0 N–H and O–H groups in total. The zero-order chi connectivity index (χ0) is 7.68. The van der Waals surface area contributed by atoms with Crippen LogP contribution in [0.15, 0.2) is 12.4 Å². The van der Waals surface area contributed by atoms with E-state index in [-0.39, 0.29) is 0 Å². The van der Waals surface area contributed by atoms with Gasteiger partial charge in [-0.25, -0.2) is 4.98 Å². The van der Waals surface area contributed by atoms with Gasteiger partial charge < -0.3 is 9.30 Å². The van der Waals surface area contributed by atoms with E-state index >= 15 is 0 Å². The van der Waals surface area contributed by atoms with Gasteiger partial charge in [0.2, 0.25) is 0 Å². The van der Waals surface area contributed by atoms with Gasteiger partial charge in [-0.15, -0.1) is 0 Å². The molecule has 0 spiro atoms. The minimum Gasteiger partial charge on any atom is -0.373 e. The Hall–Kier alpha value is -0.830. The van der Waals surface area contributed by atoms with Gasteiger partial charge in [-0.3, -0.25) is 0 Å². The van der Waals surface area contributed by atoms with Crippen LogP contribution in [-0.2, 0) is 11.3 Å². The number of nitrogens with zero attached hydrogens (tertiary/aromatic N) is 2. The number of epoxide rings is 1. The fourth-order valence-electron chi connectivity index (χ4n) is 1.16. The van der Waals surface area contributed by atoms with Crippen molar-refractivity contribution in [2.24, 2.45) is 0 Å². The number of hydrogen-bond donors (Lipinski definition) is 0. The number of ether oxygens (including phenoxy) is 1. The second kappa shape index (κ2) is 2.66. The quantitative estimate of drug-likeness (QED) is 0.604. The summed E-state index contributed by atoms with van der Waals surface area (Å²) in [5, 5.41) is 0. The third-order valence-corrected chi connectivity index (χ3v) is 2.02. The highest BCUT2D eigenvalue weighted by Gasteiger charge is 2.21. The highest BCUT2D eigenvalue weighted by molar-refractivity contribution is 4.88. The summed E-state index contributed by atoms with van der Waals surface area (Å²) >= 11 is 0. The maximum Gasteiger partial charge on any atom is 0.105 e. The summed E-state index contributed by atoms with van der Waals surface area (Å²) in [4.78, 5) is 4.14. The Labute approximate surface area is 66.0 Å². The molecule has 1 fully saturated rings. The molecule has 0 bridgehead atoms. The third kappa shape index (κ3) is 1.60. The largest absolute Gasteiger partial charge is 0.373 e. The minimum absolute atomic E-state index is 0.525. The molecule has 3 heteroatoms. The third-order valence-electron chi connectivity index (χ3n) is 2.02. The van der Waals surface area contributed by atoms with E-state index in [1.807, 2.05) is 19.3 Å². The molecule has 60 valence electrons. The lowest BCUT2D eigenvalue weighted by Crippen LogP contribution is -2.01. The van der Waals surface area contributed by atoms with E-state index < -0.39 is 0 Å². The van der Waals surface area contributed by atoms with Gasteiger partial charge in [0.15, 0.2) is 0 Å². The minimum atomic E-state index is 0.525. The van der Waals surface area contributed by atoms with E-state index in [2.05, 4.69) is 9.55 Å². The molecule has 0 amide bonds. The van der Waals surface area contributed by atoms with Crippen molar-refractivity contribution < 1.29 is 4.74 Å². The van der Waals surface area contributed by atoms with Crippen molar-refractivity contribution in [1.29, 1.82) is 0 Å². The molecule has 1 aliphatic rings. The topological polar surface area (TPSA) is 30.4 Å². The molecule has 1 saturated heterocycles. The summed E-state index contributed by atoms with van der Waals surface area (Å²) in [5.74, 6) is 1.09. The Kier molecular flexibility index (Phi) is 1.66. The standard InChI is InChI=1S/C8H12N2O/c1-7-9-3-5-10(7)4-2-8-6-11-8/h3,5,8H,2,4,6H2,1H3. The second-order valence-electron chi connectivity index (χ2n) is 2.91. The zero-order valence-electron chi connectivity index (χ0n) is 6.66. The molecule has 0 aromatic carbocycles. The van der Waals surface area contributed by atoms with Crippen molar-refractivity contribution in [2.75, 3.05) is 6.61 Å². The molecule has 2 heterocycles. The summed E-state index contributed by atoms with van der Waals surface area (Å²) < 4.78 is 7.27. The van der Waals surface area contributed by atoms with Crippen molar-refractivity contribution in [3.63, 3.8) is 0 Å². The number of hydrogen-bond acceptors (Lipinski definition) is 2. The highest BCUT2D eigenvalue weighted by atomic mass is 16.6. The van der Waals surface area contributed by atoms with Crippen LogP contribution in [-0.4, -0.2) is 22.3 Å². The first kappa shape index (κ1) is 6.85. The van der Waals surface area contributed by atoms with Crippen molar-refractivity contribution >= 4 is 0 Å². The predicted molar refractivity (Wildman–Crippen MR) is 41.3 cm³/mol. The van der Waals surface area contributed by atoms with Crippen LogP contribution in [0.3, 0.4) is 0 Å². The monoisotopic (exact) mass is 152 g/mol. The SMILES string of the molecule is Cc1nccn1CCC1CO1. The van der Waals surface area contributed by atoms with Crippen molar-refractivity contribution in [1.82, 2.24) is 9.55 Å². The molecular formula is C8H12N2O. The van der Waals surface area contributed by atoms with Gasteiger partial charge in [-0.2, -0.15) is 0 Å². The Morgan fingerprint density at radius 2 is 2.64 bits per heavy atom. The molecule has 0 aliphatic carbocycles. The van der Waals surface area contributed by atoms with Crippen LogP contribution in [0.5, 0.6) is 0 Å². The normalized spacial score (nSPS) is 22.1. The van der Waals surface area contributed by atoms with Gasteiger partial charge in [-0.05, 0) is 13.3 Å².